The summed E-state index contributed by atoms with van der Waals surface area (Å²) in [6, 6.07) is 33.9. The number of carbonyl (C=O) groups is 2. The van der Waals surface area contributed by atoms with Gasteiger partial charge in [0.1, 0.15) is 64.1 Å². The van der Waals surface area contributed by atoms with Gasteiger partial charge in [0.25, 0.3) is 0 Å². The van der Waals surface area contributed by atoms with Crippen molar-refractivity contribution in [3.8, 4) is 52.8 Å². The van der Waals surface area contributed by atoms with E-state index in [1.165, 1.54) is 71.8 Å². The van der Waals surface area contributed by atoms with Crippen molar-refractivity contribution in [3.63, 3.8) is 0 Å². The summed E-state index contributed by atoms with van der Waals surface area (Å²) in [5.41, 5.74) is 2.06. The largest absolute Gasteiger partial charge is 0.507 e. The maximum atomic E-state index is 12.1. The van der Waals surface area contributed by atoms with Gasteiger partial charge in [0.2, 0.25) is 17.6 Å². The highest BCUT2D eigenvalue weighted by atomic mass is 35.5. The number of para-hydroxylation sites is 4. The van der Waals surface area contributed by atoms with Crippen LogP contribution in [0, 0.1) is 22.7 Å². The first-order valence-corrected chi connectivity index (χ1v) is 17.9. The average molecular weight is 843 g/mol. The minimum atomic E-state index is -0.576. The predicted octanol–water partition coefficient (Wildman–Crippen LogP) is 8.44. The van der Waals surface area contributed by atoms with E-state index in [2.05, 4.69) is 26.0 Å². The van der Waals surface area contributed by atoms with Gasteiger partial charge in [0.05, 0.1) is 58.2 Å². The highest BCUT2D eigenvalue weighted by Gasteiger charge is 2.20. The molecule has 0 atom stereocenters. The molecule has 0 amide bonds. The van der Waals surface area contributed by atoms with Crippen molar-refractivity contribution in [1.29, 1.82) is 10.5 Å². The molecule has 17 heteroatoms. The Labute approximate surface area is 355 Å². The monoisotopic (exact) mass is 842 g/mol. The summed E-state index contributed by atoms with van der Waals surface area (Å²) in [5, 5.41) is 26.6. The summed E-state index contributed by atoms with van der Waals surface area (Å²) in [5.74, 6) is 0.685. The molecule has 0 aliphatic heterocycles. The van der Waals surface area contributed by atoms with Crippen LogP contribution in [0.5, 0.6) is 40.6 Å². The summed E-state index contributed by atoms with van der Waals surface area (Å²) < 4.78 is 36.7. The van der Waals surface area contributed by atoms with Gasteiger partial charge in [-0.25, -0.2) is 29.5 Å². The van der Waals surface area contributed by atoms with E-state index < -0.39 is 11.9 Å². The minimum absolute atomic E-state index is 0.0417. The summed E-state index contributed by atoms with van der Waals surface area (Å²) >= 11 is 5.80. The molecule has 6 aromatic rings. The van der Waals surface area contributed by atoms with Crippen LogP contribution >= 0.6 is 11.6 Å². The minimum Gasteiger partial charge on any atom is -0.507 e. The summed E-state index contributed by atoms with van der Waals surface area (Å²) in [6.45, 7) is 0. The van der Waals surface area contributed by atoms with E-state index in [0.717, 1.165) is 0 Å². The standard InChI is InChI=1S/C22H17N3O5.C15H13ClN2O4.C7H5NO/c1-27-13-17(22(26)28-2)16-8-4-6-10-19(16)30-21-11-20(24-14-25-21)29-18-9-5-3-7-15(18)12-23;1-20-8-11(15(19)21-2)10-5-3-4-6-12(10)22-14-7-13(16)17-9-18-14;8-5-6-3-1-2-4-7(6)9/h3-11,13-14H,1-2H3;3-9H,1-2H3;1-4,9H/b17-13+;11-8+;. The van der Waals surface area contributed by atoms with Crippen LogP contribution in [0.1, 0.15) is 22.3 Å². The van der Waals surface area contributed by atoms with E-state index >= 15 is 0 Å². The number of rotatable bonds is 12. The molecule has 2 heterocycles. The number of nitriles is 2. The Kier molecular flexibility index (Phi) is 17.6. The molecule has 0 aliphatic rings. The second-order valence-electron chi connectivity index (χ2n) is 11.4. The lowest BCUT2D eigenvalue weighted by Gasteiger charge is -2.12. The third-order valence-electron chi connectivity index (χ3n) is 7.54. The Bertz CT molecular complexity index is 2590. The number of methoxy groups -OCH3 is 4. The molecule has 0 spiro atoms. The number of nitrogens with zero attached hydrogens (tertiary/aromatic N) is 6. The average Bonchev–Trinajstić information content (AvgIpc) is 3.28. The van der Waals surface area contributed by atoms with Gasteiger partial charge >= 0.3 is 11.9 Å². The highest BCUT2D eigenvalue weighted by Crippen LogP contribution is 2.33. The number of carbonyl (C=O) groups excluding carboxylic acids is 2. The highest BCUT2D eigenvalue weighted by molar-refractivity contribution is 6.29. The smallest absolute Gasteiger partial charge is 0.341 e. The van der Waals surface area contributed by atoms with Crippen LogP contribution in [0.4, 0.5) is 0 Å². The molecule has 61 heavy (non-hydrogen) atoms. The third-order valence-corrected chi connectivity index (χ3v) is 7.74. The molecule has 16 nitrogen and oxygen atoms in total. The predicted molar refractivity (Wildman–Crippen MR) is 220 cm³/mol. The van der Waals surface area contributed by atoms with Gasteiger partial charge in [-0.2, -0.15) is 10.5 Å². The molecule has 0 aliphatic carbocycles. The molecule has 308 valence electrons. The SMILES string of the molecule is CO/C=C(/C(=O)OC)c1ccccc1Oc1cc(Cl)ncn1.CO/C=C(/C(=O)OC)c1ccccc1Oc1cc(Oc2ccccc2C#N)ncn1.N#Cc1ccccc1O. The molecule has 4 aromatic carbocycles. The third kappa shape index (κ3) is 13.3. The number of aromatic hydroxyl groups is 1. The van der Waals surface area contributed by atoms with Crippen LogP contribution in [0.25, 0.3) is 11.1 Å². The van der Waals surface area contributed by atoms with Gasteiger partial charge in [-0.15, -0.1) is 0 Å². The number of hydrogen-bond acceptors (Lipinski definition) is 16. The zero-order chi connectivity index (χ0) is 44.0. The van der Waals surface area contributed by atoms with E-state index in [-0.39, 0.29) is 39.7 Å². The number of phenolic OH excluding ortho intramolecular Hbond substituents is 1. The van der Waals surface area contributed by atoms with E-state index in [0.29, 0.717) is 39.5 Å². The zero-order valence-electron chi connectivity index (χ0n) is 32.9. The van der Waals surface area contributed by atoms with E-state index in [1.54, 1.807) is 91.0 Å². The number of ether oxygens (including phenoxy) is 7. The fourth-order valence-electron chi connectivity index (χ4n) is 4.82. The van der Waals surface area contributed by atoms with Crippen LogP contribution < -0.4 is 14.2 Å². The Balaban J connectivity index is 0.000000230. The first kappa shape index (κ1) is 45.2. The number of benzene rings is 4. The molecule has 0 saturated heterocycles. The number of halogens is 1. The van der Waals surface area contributed by atoms with Crippen LogP contribution in [-0.2, 0) is 28.5 Å². The van der Waals surface area contributed by atoms with Crippen molar-refractivity contribution >= 4 is 34.7 Å². The van der Waals surface area contributed by atoms with E-state index in [4.69, 9.17) is 55.1 Å². The van der Waals surface area contributed by atoms with Gasteiger partial charge in [-0.05, 0) is 36.4 Å². The molecule has 0 unspecified atom stereocenters. The molecular weight excluding hydrogens is 808 g/mol. The number of hydrogen-bond donors (Lipinski definition) is 1. The van der Waals surface area contributed by atoms with Crippen molar-refractivity contribution < 1.29 is 47.9 Å². The number of phenols is 1. The van der Waals surface area contributed by atoms with Gasteiger partial charge in [0.15, 0.2) is 0 Å². The summed E-state index contributed by atoms with van der Waals surface area (Å²) in [6.07, 6.45) is 5.13. The Morgan fingerprint density at radius 3 is 1.43 bits per heavy atom. The molecular formula is C44H35ClN6O10. The van der Waals surface area contributed by atoms with Crippen LogP contribution in [0.2, 0.25) is 5.15 Å². The van der Waals surface area contributed by atoms with Crippen LogP contribution in [-0.4, -0.2) is 65.4 Å². The summed E-state index contributed by atoms with van der Waals surface area (Å²) in [4.78, 5) is 39.9. The van der Waals surface area contributed by atoms with Crippen molar-refractivity contribution in [2.45, 2.75) is 0 Å². The quantitative estimate of drug-likeness (QED) is 0.0529. The Morgan fingerprint density at radius 2 is 0.984 bits per heavy atom. The van der Waals surface area contributed by atoms with Crippen molar-refractivity contribution in [2.75, 3.05) is 28.4 Å². The maximum absolute atomic E-state index is 12.1. The Hall–Kier alpha value is -8.47. The van der Waals surface area contributed by atoms with E-state index in [9.17, 15) is 14.9 Å². The first-order chi connectivity index (χ1) is 29.6. The lowest BCUT2D eigenvalue weighted by atomic mass is 10.1. The molecule has 0 saturated carbocycles. The number of aromatic nitrogens is 4. The normalized spacial score (nSPS) is 10.4. The lowest BCUT2D eigenvalue weighted by Crippen LogP contribution is -2.06. The lowest BCUT2D eigenvalue weighted by molar-refractivity contribution is -0.134. The van der Waals surface area contributed by atoms with E-state index in [1.807, 2.05) is 6.07 Å². The van der Waals surface area contributed by atoms with Gasteiger partial charge in [0, 0.05) is 17.2 Å². The maximum Gasteiger partial charge on any atom is 0.341 e. The van der Waals surface area contributed by atoms with Crippen LogP contribution in [0.3, 0.4) is 0 Å². The fraction of sp³-hybridized carbons (Fsp3) is 0.0909. The van der Waals surface area contributed by atoms with Gasteiger partial charge in [-0.3, -0.25) is 0 Å². The Morgan fingerprint density at radius 1 is 0.574 bits per heavy atom. The topological polar surface area (TPSA) is 218 Å². The van der Waals surface area contributed by atoms with Crippen molar-refractivity contribution in [2.24, 2.45) is 0 Å². The first-order valence-electron chi connectivity index (χ1n) is 17.5. The molecule has 2 aromatic heterocycles. The molecule has 0 bridgehead atoms. The summed E-state index contributed by atoms with van der Waals surface area (Å²) in [7, 11) is 5.44. The van der Waals surface area contributed by atoms with Gasteiger partial charge in [-0.1, -0.05) is 72.3 Å². The van der Waals surface area contributed by atoms with Gasteiger partial charge < -0.3 is 38.3 Å². The molecule has 0 radical (unpaired) electrons. The molecule has 1 N–H and O–H groups in total. The van der Waals surface area contributed by atoms with Crippen molar-refractivity contribution in [3.05, 3.63) is 162 Å². The number of esters is 2. The zero-order valence-corrected chi connectivity index (χ0v) is 33.6. The second kappa shape index (κ2) is 23.7. The fourth-order valence-corrected chi connectivity index (χ4v) is 4.95. The van der Waals surface area contributed by atoms with Crippen molar-refractivity contribution in [1.82, 2.24) is 19.9 Å². The molecule has 0 fully saturated rings. The van der Waals surface area contributed by atoms with Crippen LogP contribution in [0.15, 0.2) is 134 Å². The molecule has 6 rings (SSSR count). The second-order valence-corrected chi connectivity index (χ2v) is 11.8.